The molecule has 0 spiro atoms. The quantitative estimate of drug-likeness (QED) is 0.445. The van der Waals surface area contributed by atoms with Crippen LogP contribution in [0.1, 0.15) is 43.3 Å². The van der Waals surface area contributed by atoms with Gasteiger partial charge in [0.25, 0.3) is 5.92 Å². The first-order chi connectivity index (χ1) is 18.2. The van der Waals surface area contributed by atoms with E-state index in [2.05, 4.69) is 16.0 Å². The standard InChI is InChI=1S/C30H27F2N3O3/c1-18-23(13-12-22-11-10-21(16-35-22)24-8-4-3-7-20(24)15-33)26-19(2)38-28(37)29(26,17-30(18,31)32)27(36)25-9-5-6-14-34-25/h3-14,16,18-19,23,26-27,36H,17H2,1-2H3/b13-12+/t18-,19+,23-,26-,27?,29+/m0/s1. The maximum Gasteiger partial charge on any atom is 0.316 e. The Kier molecular flexibility index (Phi) is 6.58. The number of allylic oxidation sites excluding steroid dienone is 1. The Labute approximate surface area is 219 Å². The molecule has 194 valence electrons. The van der Waals surface area contributed by atoms with E-state index in [1.54, 1.807) is 55.6 Å². The predicted molar refractivity (Wildman–Crippen MR) is 136 cm³/mol. The van der Waals surface area contributed by atoms with Crippen molar-refractivity contribution >= 4 is 12.0 Å². The number of benzene rings is 1. The van der Waals surface area contributed by atoms with Crippen molar-refractivity contribution in [2.75, 3.05) is 0 Å². The van der Waals surface area contributed by atoms with Crippen molar-refractivity contribution in [3.8, 4) is 17.2 Å². The van der Waals surface area contributed by atoms with Gasteiger partial charge in [-0.25, -0.2) is 8.78 Å². The minimum atomic E-state index is -3.23. The molecule has 2 aliphatic rings. The van der Waals surface area contributed by atoms with Crippen LogP contribution in [0.15, 0.2) is 73.1 Å². The SMILES string of the molecule is C[C@H]1OC(=O)[C@]2(C(O)c3ccccn3)CC(F)(F)[C@@H](C)[C@H](/C=C/c3ccc(-c4ccccc4C#N)cn3)[C@H]12. The van der Waals surface area contributed by atoms with Crippen molar-refractivity contribution in [1.82, 2.24) is 9.97 Å². The maximum absolute atomic E-state index is 15.5. The second kappa shape index (κ2) is 9.73. The van der Waals surface area contributed by atoms with Gasteiger partial charge in [0.05, 0.1) is 23.0 Å². The van der Waals surface area contributed by atoms with Crippen LogP contribution in [0.3, 0.4) is 0 Å². The molecule has 5 rings (SSSR count). The van der Waals surface area contributed by atoms with Crippen LogP contribution in [0.2, 0.25) is 0 Å². The molecular weight excluding hydrogens is 488 g/mol. The highest BCUT2D eigenvalue weighted by Crippen LogP contribution is 2.63. The first kappa shape index (κ1) is 25.7. The average molecular weight is 516 g/mol. The number of ether oxygens (including phenoxy) is 1. The van der Waals surface area contributed by atoms with Gasteiger partial charge >= 0.3 is 5.97 Å². The monoisotopic (exact) mass is 515 g/mol. The van der Waals surface area contributed by atoms with E-state index in [4.69, 9.17) is 4.74 Å². The lowest BCUT2D eigenvalue weighted by Crippen LogP contribution is -2.56. The van der Waals surface area contributed by atoms with Crippen LogP contribution in [0, 0.1) is 34.5 Å². The number of hydrogen-bond acceptors (Lipinski definition) is 6. The van der Waals surface area contributed by atoms with Crippen molar-refractivity contribution in [2.24, 2.45) is 23.2 Å². The van der Waals surface area contributed by atoms with Crippen LogP contribution in [0.5, 0.6) is 0 Å². The van der Waals surface area contributed by atoms with Crippen LogP contribution in [0.25, 0.3) is 17.2 Å². The molecule has 8 heteroatoms. The summed E-state index contributed by atoms with van der Waals surface area (Å²) in [7, 11) is 0. The molecule has 1 aliphatic heterocycles. The fourth-order valence-corrected chi connectivity index (χ4v) is 6.08. The predicted octanol–water partition coefficient (Wildman–Crippen LogP) is 5.60. The number of pyridine rings is 2. The summed E-state index contributed by atoms with van der Waals surface area (Å²) in [5, 5.41) is 20.7. The average Bonchev–Trinajstić information content (AvgIpc) is 3.18. The number of hydrogen-bond donors (Lipinski definition) is 1. The number of halogens is 2. The number of fused-ring (bicyclic) bond motifs is 1. The molecule has 3 heterocycles. The Morgan fingerprint density at radius 1 is 1.13 bits per heavy atom. The fourth-order valence-electron chi connectivity index (χ4n) is 6.08. The van der Waals surface area contributed by atoms with Crippen molar-refractivity contribution in [1.29, 1.82) is 5.26 Å². The van der Waals surface area contributed by atoms with Gasteiger partial charge in [0.1, 0.15) is 17.6 Å². The van der Waals surface area contributed by atoms with Crippen LogP contribution >= 0.6 is 0 Å². The van der Waals surface area contributed by atoms with Gasteiger partial charge in [-0.15, -0.1) is 0 Å². The summed E-state index contributed by atoms with van der Waals surface area (Å²) in [5.41, 5.74) is 0.903. The maximum atomic E-state index is 15.5. The molecule has 1 N–H and O–H groups in total. The van der Waals surface area contributed by atoms with E-state index in [-0.39, 0.29) is 5.69 Å². The number of alkyl halides is 2. The molecule has 3 aromatic rings. The summed E-state index contributed by atoms with van der Waals surface area (Å²) in [4.78, 5) is 21.8. The van der Waals surface area contributed by atoms with Crippen LogP contribution in [-0.2, 0) is 9.53 Å². The highest BCUT2D eigenvalue weighted by molar-refractivity contribution is 5.81. The minimum absolute atomic E-state index is 0.159. The molecular formula is C30H27F2N3O3. The first-order valence-electron chi connectivity index (χ1n) is 12.5. The molecule has 6 atom stereocenters. The number of aliphatic hydroxyl groups is 1. The van der Waals surface area contributed by atoms with Gasteiger partial charge < -0.3 is 9.84 Å². The van der Waals surface area contributed by atoms with Crippen molar-refractivity contribution in [2.45, 2.75) is 38.4 Å². The molecule has 2 aromatic heterocycles. The molecule has 6 nitrogen and oxygen atoms in total. The molecule has 1 aromatic carbocycles. The normalized spacial score (nSPS) is 28.9. The number of aliphatic hydroxyl groups excluding tert-OH is 1. The van der Waals surface area contributed by atoms with Crippen LogP contribution < -0.4 is 0 Å². The lowest BCUT2D eigenvalue weighted by molar-refractivity contribution is -0.192. The van der Waals surface area contributed by atoms with E-state index in [9.17, 15) is 15.2 Å². The largest absolute Gasteiger partial charge is 0.462 e. The zero-order chi connectivity index (χ0) is 27.1. The van der Waals surface area contributed by atoms with E-state index in [0.29, 0.717) is 11.3 Å². The highest BCUT2D eigenvalue weighted by Gasteiger charge is 2.70. The molecule has 0 amide bonds. The number of carbonyl (C=O) groups excluding carboxylic acids is 1. The van der Waals surface area contributed by atoms with Gasteiger partial charge in [-0.2, -0.15) is 5.26 Å². The zero-order valence-corrected chi connectivity index (χ0v) is 21.0. The number of nitriles is 1. The molecule has 1 saturated heterocycles. The van der Waals surface area contributed by atoms with E-state index in [0.717, 1.165) is 11.1 Å². The molecule has 38 heavy (non-hydrogen) atoms. The van der Waals surface area contributed by atoms with Crippen molar-refractivity contribution in [3.05, 3.63) is 90.0 Å². The number of aromatic nitrogens is 2. The third kappa shape index (κ3) is 4.17. The Morgan fingerprint density at radius 3 is 2.58 bits per heavy atom. The molecule has 0 bridgehead atoms. The molecule has 2 fully saturated rings. The van der Waals surface area contributed by atoms with E-state index < -0.39 is 53.7 Å². The van der Waals surface area contributed by atoms with Gasteiger partial charge in [-0.05, 0) is 43.2 Å². The van der Waals surface area contributed by atoms with Gasteiger partial charge in [-0.1, -0.05) is 43.3 Å². The van der Waals surface area contributed by atoms with Crippen LogP contribution in [-0.4, -0.2) is 33.1 Å². The van der Waals surface area contributed by atoms with Crippen molar-refractivity contribution in [3.63, 3.8) is 0 Å². The number of cyclic esters (lactones) is 1. The first-order valence-corrected chi connectivity index (χ1v) is 12.5. The Hall–Kier alpha value is -3.96. The molecule has 1 aliphatic carbocycles. The number of esters is 1. The Morgan fingerprint density at radius 2 is 1.89 bits per heavy atom. The van der Waals surface area contributed by atoms with E-state index in [1.165, 1.54) is 19.2 Å². The second-order valence-corrected chi connectivity index (χ2v) is 10.1. The lowest BCUT2D eigenvalue weighted by Gasteiger charge is -2.49. The van der Waals surface area contributed by atoms with Gasteiger partial charge in [-0.3, -0.25) is 14.8 Å². The highest BCUT2D eigenvalue weighted by atomic mass is 19.3. The van der Waals surface area contributed by atoms with Gasteiger partial charge in [0.15, 0.2) is 0 Å². The van der Waals surface area contributed by atoms with Gasteiger partial charge in [0, 0.05) is 41.8 Å². The number of carbonyl (C=O) groups is 1. The van der Waals surface area contributed by atoms with Gasteiger partial charge in [0.2, 0.25) is 0 Å². The smallest absolute Gasteiger partial charge is 0.316 e. The fraction of sp³-hybridized carbons (Fsp3) is 0.333. The number of rotatable bonds is 5. The van der Waals surface area contributed by atoms with Crippen LogP contribution in [0.4, 0.5) is 8.78 Å². The topological polar surface area (TPSA) is 96.1 Å². The summed E-state index contributed by atoms with van der Waals surface area (Å²) < 4.78 is 36.6. The molecule has 1 saturated carbocycles. The lowest BCUT2D eigenvalue weighted by atomic mass is 9.54. The molecule has 1 unspecified atom stereocenters. The minimum Gasteiger partial charge on any atom is -0.462 e. The Bertz CT molecular complexity index is 1400. The summed E-state index contributed by atoms with van der Waals surface area (Å²) in [6.45, 7) is 3.16. The van der Waals surface area contributed by atoms with E-state index in [1.807, 2.05) is 18.2 Å². The summed E-state index contributed by atoms with van der Waals surface area (Å²) in [5.74, 6) is -6.63. The molecule has 0 radical (unpaired) electrons. The summed E-state index contributed by atoms with van der Waals surface area (Å²) >= 11 is 0. The zero-order valence-electron chi connectivity index (χ0n) is 21.0. The van der Waals surface area contributed by atoms with E-state index >= 15 is 8.78 Å². The summed E-state index contributed by atoms with van der Waals surface area (Å²) in [6, 6.07) is 17.8. The third-order valence-corrected chi connectivity index (χ3v) is 8.05. The van der Waals surface area contributed by atoms with Crippen molar-refractivity contribution < 1.29 is 23.4 Å². The Balaban J connectivity index is 1.50. The number of nitrogens with zero attached hydrogens (tertiary/aromatic N) is 3. The summed E-state index contributed by atoms with van der Waals surface area (Å²) in [6.07, 6.45) is 3.38. The second-order valence-electron chi connectivity index (χ2n) is 10.1. The third-order valence-electron chi connectivity index (χ3n) is 8.05.